The molecule has 7 heteroatoms. The van der Waals surface area contributed by atoms with Crippen LogP contribution in [-0.2, 0) is 14.3 Å². The molecule has 1 aliphatic rings. The fraction of sp³-hybridized carbons (Fsp3) is 0.353. The van der Waals surface area contributed by atoms with Gasteiger partial charge in [-0.1, -0.05) is 12.1 Å². The number of hydrogen-bond acceptors (Lipinski definition) is 6. The Morgan fingerprint density at radius 2 is 2.04 bits per heavy atom. The summed E-state index contributed by atoms with van der Waals surface area (Å²) in [6.45, 7) is 2.64. The molecule has 1 N–H and O–H groups in total. The average molecular weight is 345 g/mol. The zero-order valence-corrected chi connectivity index (χ0v) is 14.1. The number of benzene rings is 1. The summed E-state index contributed by atoms with van der Waals surface area (Å²) in [4.78, 5) is 24.2. The van der Waals surface area contributed by atoms with Crippen molar-refractivity contribution >= 4 is 35.9 Å². The fourth-order valence-corrected chi connectivity index (χ4v) is 3.19. The number of carbonyl (C=O) groups is 2. The van der Waals surface area contributed by atoms with Crippen LogP contribution in [0, 0.1) is 11.3 Å². The number of ether oxygens (including phenoxy) is 1. The molecule has 1 saturated heterocycles. The maximum absolute atomic E-state index is 11.9. The maximum atomic E-state index is 11.9. The Balaban J connectivity index is 1.98. The number of nitrogens with one attached hydrogen (secondary N) is 1. The number of amides is 1. The van der Waals surface area contributed by atoms with Gasteiger partial charge in [0, 0.05) is 30.3 Å². The first-order chi connectivity index (χ1) is 11.7. The van der Waals surface area contributed by atoms with E-state index < -0.39 is 5.91 Å². The van der Waals surface area contributed by atoms with Crippen LogP contribution in [0.1, 0.15) is 5.56 Å². The van der Waals surface area contributed by atoms with Crippen molar-refractivity contribution in [2.75, 3.05) is 42.6 Å². The van der Waals surface area contributed by atoms with Gasteiger partial charge >= 0.3 is 0 Å². The van der Waals surface area contributed by atoms with E-state index in [1.54, 1.807) is 6.08 Å². The highest BCUT2D eigenvalue weighted by atomic mass is 32.2. The first-order valence-corrected chi connectivity index (χ1v) is 8.78. The molecule has 1 amide bonds. The first kappa shape index (κ1) is 17.9. The molecular weight excluding hydrogens is 326 g/mol. The second-order valence-corrected chi connectivity index (χ2v) is 6.31. The summed E-state index contributed by atoms with van der Waals surface area (Å²) in [6.07, 6.45) is 1.55. The number of rotatable bonds is 7. The Hall–Kier alpha value is -2.46. The van der Waals surface area contributed by atoms with Gasteiger partial charge in [0.2, 0.25) is 0 Å². The molecule has 0 spiro atoms. The lowest BCUT2D eigenvalue weighted by Crippen LogP contribution is -2.32. The van der Waals surface area contributed by atoms with E-state index in [0.29, 0.717) is 6.47 Å². The average Bonchev–Trinajstić information content (AvgIpc) is 2.64. The lowest BCUT2D eigenvalue weighted by molar-refractivity contribution is -0.129. The highest BCUT2D eigenvalue weighted by Crippen LogP contribution is 2.20. The van der Waals surface area contributed by atoms with Crippen molar-refractivity contribution in [3.05, 3.63) is 35.4 Å². The van der Waals surface area contributed by atoms with E-state index in [2.05, 4.69) is 15.0 Å². The van der Waals surface area contributed by atoms with Gasteiger partial charge < -0.3 is 15.0 Å². The quantitative estimate of drug-likeness (QED) is 0.348. The summed E-state index contributed by atoms with van der Waals surface area (Å²) in [5, 5.41) is 11.7. The lowest BCUT2D eigenvalue weighted by atomic mass is 10.1. The maximum Gasteiger partial charge on any atom is 0.293 e. The SMILES string of the molecule is N#C/C(=C\c1ccc(N2CCSCC2)cc1)C(=O)NCCOC=O. The van der Waals surface area contributed by atoms with Crippen LogP contribution >= 0.6 is 11.8 Å². The Kier molecular flexibility index (Phi) is 7.18. The van der Waals surface area contributed by atoms with Gasteiger partial charge in [0.05, 0.1) is 6.54 Å². The smallest absolute Gasteiger partial charge is 0.293 e. The predicted octanol–water partition coefficient (Wildman–Crippen LogP) is 1.44. The van der Waals surface area contributed by atoms with Gasteiger partial charge in [-0.15, -0.1) is 0 Å². The molecule has 1 aliphatic heterocycles. The number of thioether (sulfide) groups is 1. The largest absolute Gasteiger partial charge is 0.466 e. The van der Waals surface area contributed by atoms with Gasteiger partial charge in [-0.05, 0) is 23.8 Å². The topological polar surface area (TPSA) is 82.4 Å². The summed E-state index contributed by atoms with van der Waals surface area (Å²) in [5.74, 6) is 1.78. The number of nitriles is 1. The van der Waals surface area contributed by atoms with E-state index in [1.807, 2.05) is 42.1 Å². The van der Waals surface area contributed by atoms with Gasteiger partial charge in [0.1, 0.15) is 18.2 Å². The van der Waals surface area contributed by atoms with Crippen LogP contribution in [0.5, 0.6) is 0 Å². The predicted molar refractivity (Wildman–Crippen MR) is 94.6 cm³/mol. The van der Waals surface area contributed by atoms with Crippen molar-refractivity contribution in [2.24, 2.45) is 0 Å². The highest BCUT2D eigenvalue weighted by molar-refractivity contribution is 7.99. The summed E-state index contributed by atoms with van der Waals surface area (Å²) in [5.41, 5.74) is 1.96. The van der Waals surface area contributed by atoms with Crippen LogP contribution in [0.25, 0.3) is 6.08 Å². The number of hydrogen-bond donors (Lipinski definition) is 1. The van der Waals surface area contributed by atoms with Crippen molar-refractivity contribution in [2.45, 2.75) is 0 Å². The van der Waals surface area contributed by atoms with Crippen LogP contribution in [0.2, 0.25) is 0 Å². The van der Waals surface area contributed by atoms with Crippen molar-refractivity contribution in [1.82, 2.24) is 5.32 Å². The zero-order chi connectivity index (χ0) is 17.2. The van der Waals surface area contributed by atoms with E-state index in [-0.39, 0.29) is 18.7 Å². The molecule has 1 heterocycles. The van der Waals surface area contributed by atoms with Crippen molar-refractivity contribution < 1.29 is 14.3 Å². The third kappa shape index (κ3) is 5.32. The molecule has 0 aromatic heterocycles. The molecule has 1 aromatic rings. The van der Waals surface area contributed by atoms with Crippen LogP contribution in [0.4, 0.5) is 5.69 Å². The van der Waals surface area contributed by atoms with E-state index in [9.17, 15) is 9.59 Å². The fourth-order valence-electron chi connectivity index (χ4n) is 2.29. The highest BCUT2D eigenvalue weighted by Gasteiger charge is 2.11. The monoisotopic (exact) mass is 345 g/mol. The molecule has 0 atom stereocenters. The van der Waals surface area contributed by atoms with E-state index in [0.717, 1.165) is 35.8 Å². The summed E-state index contributed by atoms with van der Waals surface area (Å²) < 4.78 is 4.48. The normalized spacial score (nSPS) is 14.6. The molecule has 0 aliphatic carbocycles. The molecule has 0 saturated carbocycles. The molecule has 24 heavy (non-hydrogen) atoms. The Bertz CT molecular complexity index is 631. The van der Waals surface area contributed by atoms with E-state index >= 15 is 0 Å². The summed E-state index contributed by atoms with van der Waals surface area (Å²) in [6, 6.07) is 9.71. The molecular formula is C17H19N3O3S. The van der Waals surface area contributed by atoms with Crippen molar-refractivity contribution in [3.8, 4) is 6.07 Å². The lowest BCUT2D eigenvalue weighted by Gasteiger charge is -2.28. The molecule has 0 radical (unpaired) electrons. The minimum Gasteiger partial charge on any atom is -0.466 e. The van der Waals surface area contributed by atoms with Crippen molar-refractivity contribution in [1.29, 1.82) is 5.26 Å². The number of anilines is 1. The van der Waals surface area contributed by atoms with Gasteiger partial charge in [-0.3, -0.25) is 9.59 Å². The molecule has 1 aromatic carbocycles. The van der Waals surface area contributed by atoms with Crippen LogP contribution in [0.3, 0.4) is 0 Å². The molecule has 0 unspecified atom stereocenters. The standard InChI is InChI=1S/C17H19N3O3S/c18-12-15(17(22)19-5-8-23-13-21)11-14-1-3-16(4-2-14)20-6-9-24-10-7-20/h1-4,11,13H,5-10H2,(H,19,22)/b15-11+. The van der Waals surface area contributed by atoms with E-state index in [4.69, 9.17) is 5.26 Å². The van der Waals surface area contributed by atoms with E-state index in [1.165, 1.54) is 0 Å². The van der Waals surface area contributed by atoms with Gasteiger partial charge in [-0.2, -0.15) is 17.0 Å². The molecule has 2 rings (SSSR count). The van der Waals surface area contributed by atoms with Gasteiger partial charge in [0.25, 0.3) is 12.4 Å². The van der Waals surface area contributed by atoms with Gasteiger partial charge in [-0.25, -0.2) is 0 Å². The second kappa shape index (κ2) is 9.63. The third-order valence-electron chi connectivity index (χ3n) is 3.52. The van der Waals surface area contributed by atoms with Crippen LogP contribution in [0.15, 0.2) is 29.8 Å². The minimum atomic E-state index is -0.482. The Morgan fingerprint density at radius 1 is 1.33 bits per heavy atom. The first-order valence-electron chi connectivity index (χ1n) is 7.62. The molecule has 6 nitrogen and oxygen atoms in total. The summed E-state index contributed by atoms with van der Waals surface area (Å²) >= 11 is 1.96. The third-order valence-corrected chi connectivity index (χ3v) is 4.46. The van der Waals surface area contributed by atoms with Crippen molar-refractivity contribution in [3.63, 3.8) is 0 Å². The minimum absolute atomic E-state index is 0.0169. The summed E-state index contributed by atoms with van der Waals surface area (Å²) in [7, 11) is 0. The van der Waals surface area contributed by atoms with Gasteiger partial charge in [0.15, 0.2) is 0 Å². The molecule has 1 fully saturated rings. The second-order valence-electron chi connectivity index (χ2n) is 5.08. The van der Waals surface area contributed by atoms with Crippen LogP contribution in [-0.4, -0.2) is 50.1 Å². The van der Waals surface area contributed by atoms with Crippen LogP contribution < -0.4 is 10.2 Å². The molecule has 0 bridgehead atoms. The number of nitrogens with zero attached hydrogens (tertiary/aromatic N) is 2. The Morgan fingerprint density at radius 3 is 2.67 bits per heavy atom. The number of carbonyl (C=O) groups excluding carboxylic acids is 2. The zero-order valence-electron chi connectivity index (χ0n) is 13.2. The Labute approximate surface area is 145 Å². The molecule has 126 valence electrons.